The maximum Gasteiger partial charge on any atom is 0.416 e. The average Bonchev–Trinajstić information content (AvgIpc) is 2.44. The van der Waals surface area contributed by atoms with Crippen LogP contribution in [0.2, 0.25) is 0 Å². The SMILES string of the molecule is CC(C)(C)c1cc(-c2ccc(C(F)(F)F)cc2)nc(O)c1C#N. The van der Waals surface area contributed by atoms with E-state index < -0.39 is 23.0 Å². The van der Waals surface area contributed by atoms with Crippen molar-refractivity contribution in [2.45, 2.75) is 32.4 Å². The van der Waals surface area contributed by atoms with Crippen molar-refractivity contribution in [3.63, 3.8) is 0 Å². The standard InChI is InChI=1S/C17H15F3N2O/c1-16(2,3)13-8-14(22-15(23)12(13)9-21)10-4-6-11(7-5-10)17(18,19)20/h4-8H,1-3H3,(H,22,23). The van der Waals surface area contributed by atoms with E-state index in [1.54, 1.807) is 6.07 Å². The Morgan fingerprint density at radius 3 is 2.09 bits per heavy atom. The molecule has 0 aliphatic heterocycles. The molecule has 0 fully saturated rings. The number of halogens is 3. The number of nitriles is 1. The molecule has 0 radical (unpaired) electrons. The second-order valence-electron chi connectivity index (χ2n) is 6.19. The molecule has 2 aromatic rings. The van der Waals surface area contributed by atoms with Crippen LogP contribution in [-0.2, 0) is 11.6 Å². The normalized spacial score (nSPS) is 12.0. The first-order valence-corrected chi connectivity index (χ1v) is 6.86. The Kier molecular flexibility index (Phi) is 4.08. The zero-order chi connectivity index (χ0) is 17.4. The number of benzene rings is 1. The minimum absolute atomic E-state index is 0.0770. The van der Waals surface area contributed by atoms with Crippen LogP contribution < -0.4 is 0 Å². The molecule has 0 saturated heterocycles. The lowest BCUT2D eigenvalue weighted by Crippen LogP contribution is -2.14. The van der Waals surface area contributed by atoms with Gasteiger partial charge in [0.2, 0.25) is 5.88 Å². The summed E-state index contributed by atoms with van der Waals surface area (Å²) in [6.45, 7) is 5.62. The molecular formula is C17H15F3N2O. The molecule has 0 aliphatic rings. The molecule has 23 heavy (non-hydrogen) atoms. The smallest absolute Gasteiger partial charge is 0.416 e. The van der Waals surface area contributed by atoms with Crippen LogP contribution in [-0.4, -0.2) is 10.1 Å². The van der Waals surface area contributed by atoms with Gasteiger partial charge in [0, 0.05) is 5.56 Å². The molecule has 0 saturated carbocycles. The van der Waals surface area contributed by atoms with E-state index in [1.165, 1.54) is 12.1 Å². The maximum absolute atomic E-state index is 12.6. The van der Waals surface area contributed by atoms with Gasteiger partial charge in [-0.1, -0.05) is 32.9 Å². The van der Waals surface area contributed by atoms with E-state index in [4.69, 9.17) is 0 Å². The Hall–Kier alpha value is -2.55. The first-order valence-electron chi connectivity index (χ1n) is 6.86. The minimum Gasteiger partial charge on any atom is -0.492 e. The van der Waals surface area contributed by atoms with Crippen molar-refractivity contribution in [2.24, 2.45) is 0 Å². The lowest BCUT2D eigenvalue weighted by molar-refractivity contribution is -0.137. The van der Waals surface area contributed by atoms with Gasteiger partial charge in [-0.25, -0.2) is 4.98 Å². The van der Waals surface area contributed by atoms with Crippen molar-refractivity contribution in [2.75, 3.05) is 0 Å². The molecule has 1 heterocycles. The minimum atomic E-state index is -4.41. The summed E-state index contributed by atoms with van der Waals surface area (Å²) in [7, 11) is 0. The quantitative estimate of drug-likeness (QED) is 0.832. The van der Waals surface area contributed by atoms with E-state index in [0.717, 1.165) is 12.1 Å². The van der Waals surface area contributed by atoms with Gasteiger partial charge in [0.1, 0.15) is 11.6 Å². The van der Waals surface area contributed by atoms with Gasteiger partial charge in [-0.05, 0) is 29.2 Å². The van der Waals surface area contributed by atoms with Gasteiger partial charge >= 0.3 is 6.18 Å². The highest BCUT2D eigenvalue weighted by atomic mass is 19.4. The number of hydrogen-bond acceptors (Lipinski definition) is 3. The molecule has 0 unspecified atom stereocenters. The Bertz CT molecular complexity index is 767. The molecule has 1 aromatic heterocycles. The van der Waals surface area contributed by atoms with Crippen LogP contribution in [0, 0.1) is 11.3 Å². The Balaban J connectivity index is 2.57. The molecule has 3 nitrogen and oxygen atoms in total. The highest BCUT2D eigenvalue weighted by Gasteiger charge is 2.30. The van der Waals surface area contributed by atoms with E-state index in [0.29, 0.717) is 16.8 Å². The first-order chi connectivity index (χ1) is 10.5. The number of nitrogens with zero attached hydrogens (tertiary/aromatic N) is 2. The highest BCUT2D eigenvalue weighted by Crippen LogP contribution is 2.35. The Morgan fingerprint density at radius 1 is 1.09 bits per heavy atom. The number of alkyl halides is 3. The van der Waals surface area contributed by atoms with E-state index in [2.05, 4.69) is 4.98 Å². The van der Waals surface area contributed by atoms with Crippen molar-refractivity contribution in [3.05, 3.63) is 47.0 Å². The third-order valence-corrected chi connectivity index (χ3v) is 3.43. The number of rotatable bonds is 1. The van der Waals surface area contributed by atoms with Crippen LogP contribution in [0.15, 0.2) is 30.3 Å². The van der Waals surface area contributed by atoms with Gasteiger partial charge in [0.15, 0.2) is 0 Å². The van der Waals surface area contributed by atoms with Gasteiger partial charge in [-0.2, -0.15) is 18.4 Å². The van der Waals surface area contributed by atoms with E-state index in [9.17, 15) is 23.5 Å². The van der Waals surface area contributed by atoms with E-state index >= 15 is 0 Å². The second kappa shape index (κ2) is 5.58. The van der Waals surface area contributed by atoms with Crippen LogP contribution in [0.4, 0.5) is 13.2 Å². The van der Waals surface area contributed by atoms with Crippen molar-refractivity contribution in [1.29, 1.82) is 5.26 Å². The van der Waals surface area contributed by atoms with Crippen LogP contribution >= 0.6 is 0 Å². The van der Waals surface area contributed by atoms with E-state index in [-0.39, 0.29) is 5.56 Å². The summed E-state index contributed by atoms with van der Waals surface area (Å²) >= 11 is 0. The zero-order valence-electron chi connectivity index (χ0n) is 12.9. The second-order valence-corrected chi connectivity index (χ2v) is 6.19. The highest BCUT2D eigenvalue weighted by molar-refractivity contribution is 5.64. The Labute approximate surface area is 132 Å². The largest absolute Gasteiger partial charge is 0.492 e. The van der Waals surface area contributed by atoms with Crippen LogP contribution in [0.1, 0.15) is 37.5 Å². The summed E-state index contributed by atoms with van der Waals surface area (Å²) in [5, 5.41) is 19.1. The van der Waals surface area contributed by atoms with Gasteiger partial charge in [0.25, 0.3) is 0 Å². The molecule has 1 N–H and O–H groups in total. The lowest BCUT2D eigenvalue weighted by Gasteiger charge is -2.21. The van der Waals surface area contributed by atoms with Gasteiger partial charge in [-0.3, -0.25) is 0 Å². The first kappa shape index (κ1) is 16.8. The van der Waals surface area contributed by atoms with Crippen LogP contribution in [0.3, 0.4) is 0 Å². The third-order valence-electron chi connectivity index (χ3n) is 3.43. The van der Waals surface area contributed by atoms with Crippen molar-refractivity contribution in [1.82, 2.24) is 4.98 Å². The summed E-state index contributed by atoms with van der Waals surface area (Å²) in [4.78, 5) is 3.93. The molecule has 0 aliphatic carbocycles. The van der Waals surface area contributed by atoms with Gasteiger partial charge in [0.05, 0.1) is 11.3 Å². The molecular weight excluding hydrogens is 305 g/mol. The Morgan fingerprint density at radius 2 is 1.65 bits per heavy atom. The van der Waals surface area contributed by atoms with Crippen molar-refractivity contribution < 1.29 is 18.3 Å². The molecule has 0 amide bonds. The number of hydrogen-bond donors (Lipinski definition) is 1. The number of pyridine rings is 1. The predicted octanol–water partition coefficient (Wildman–Crippen LogP) is 4.64. The summed E-state index contributed by atoms with van der Waals surface area (Å²) < 4.78 is 37.8. The van der Waals surface area contributed by atoms with Crippen molar-refractivity contribution in [3.8, 4) is 23.2 Å². The molecule has 0 spiro atoms. The molecule has 0 bridgehead atoms. The molecule has 2 rings (SSSR count). The van der Waals surface area contributed by atoms with Crippen molar-refractivity contribution >= 4 is 0 Å². The van der Waals surface area contributed by atoms with Gasteiger partial charge < -0.3 is 5.11 Å². The summed E-state index contributed by atoms with van der Waals surface area (Å²) in [5.41, 5.74) is 0.237. The van der Waals surface area contributed by atoms with E-state index in [1.807, 2.05) is 26.8 Å². The zero-order valence-corrected chi connectivity index (χ0v) is 12.9. The predicted molar refractivity (Wildman–Crippen MR) is 79.8 cm³/mol. The molecule has 0 atom stereocenters. The van der Waals surface area contributed by atoms with Gasteiger partial charge in [-0.15, -0.1) is 0 Å². The fourth-order valence-corrected chi connectivity index (χ4v) is 2.21. The fraction of sp³-hybridized carbons (Fsp3) is 0.294. The molecule has 120 valence electrons. The lowest BCUT2D eigenvalue weighted by atomic mass is 9.83. The summed E-state index contributed by atoms with van der Waals surface area (Å²) in [6.07, 6.45) is -4.41. The maximum atomic E-state index is 12.6. The average molecular weight is 320 g/mol. The summed E-state index contributed by atoms with van der Waals surface area (Å²) in [6, 6.07) is 8.05. The number of aromatic hydroxyl groups is 1. The van der Waals surface area contributed by atoms with Crippen LogP contribution in [0.25, 0.3) is 11.3 Å². The molecule has 1 aromatic carbocycles. The third kappa shape index (κ3) is 3.45. The van der Waals surface area contributed by atoms with Crippen LogP contribution in [0.5, 0.6) is 5.88 Å². The topological polar surface area (TPSA) is 56.9 Å². The number of aromatic nitrogens is 1. The fourth-order valence-electron chi connectivity index (χ4n) is 2.21. The summed E-state index contributed by atoms with van der Waals surface area (Å²) in [5.74, 6) is -0.421. The monoisotopic (exact) mass is 320 g/mol. The molecule has 6 heteroatoms.